The van der Waals surface area contributed by atoms with Crippen LogP contribution in [-0.2, 0) is 14.3 Å². The predicted molar refractivity (Wildman–Crippen MR) is 68.9 cm³/mol. The Morgan fingerprint density at radius 1 is 1.39 bits per heavy atom. The van der Waals surface area contributed by atoms with Crippen LogP contribution in [0.2, 0.25) is 0 Å². The van der Waals surface area contributed by atoms with Crippen molar-refractivity contribution in [1.29, 1.82) is 5.26 Å². The molecule has 102 valence electrons. The second-order valence-electron chi connectivity index (χ2n) is 3.78. The molecule has 0 rings (SSSR count). The minimum absolute atomic E-state index is 0.288. The van der Waals surface area contributed by atoms with Gasteiger partial charge in [-0.2, -0.15) is 5.26 Å². The molecule has 0 fully saturated rings. The molecule has 0 aliphatic carbocycles. The van der Waals surface area contributed by atoms with Gasteiger partial charge in [0.05, 0.1) is 19.8 Å². The first kappa shape index (κ1) is 16.6. The van der Waals surface area contributed by atoms with Crippen LogP contribution in [0.1, 0.15) is 19.8 Å². The number of methoxy groups -OCH3 is 2. The summed E-state index contributed by atoms with van der Waals surface area (Å²) in [6, 6.07) is 2.12. The first-order chi connectivity index (χ1) is 8.69. The van der Waals surface area contributed by atoms with Crippen molar-refractivity contribution in [2.24, 2.45) is 0 Å². The number of nitrogens with zero attached hydrogens (tertiary/aromatic N) is 2. The zero-order valence-electron chi connectivity index (χ0n) is 11.4. The Bertz CT molecular complexity index is 308. The Morgan fingerprint density at radius 2 is 2.11 bits per heavy atom. The molecular weight excluding hydrogens is 232 g/mol. The fraction of sp³-hybridized carbons (Fsp3) is 0.692. The third kappa shape index (κ3) is 7.05. The zero-order valence-corrected chi connectivity index (χ0v) is 11.4. The van der Waals surface area contributed by atoms with Gasteiger partial charge in [-0.1, -0.05) is 13.0 Å². The van der Waals surface area contributed by atoms with Gasteiger partial charge in [0.15, 0.2) is 0 Å². The monoisotopic (exact) mass is 254 g/mol. The van der Waals surface area contributed by atoms with Gasteiger partial charge < -0.3 is 9.47 Å². The number of carbonyl (C=O) groups is 1. The van der Waals surface area contributed by atoms with Crippen molar-refractivity contribution in [3.8, 4) is 6.07 Å². The second-order valence-corrected chi connectivity index (χ2v) is 3.78. The van der Waals surface area contributed by atoms with E-state index < -0.39 is 0 Å². The molecule has 0 saturated carbocycles. The third-order valence-electron chi connectivity index (χ3n) is 2.58. The van der Waals surface area contributed by atoms with Gasteiger partial charge in [0.1, 0.15) is 0 Å². The molecule has 0 N–H and O–H groups in total. The van der Waals surface area contributed by atoms with Gasteiger partial charge in [-0.3, -0.25) is 4.90 Å². The predicted octanol–water partition coefficient (Wildman–Crippen LogP) is 1.36. The summed E-state index contributed by atoms with van der Waals surface area (Å²) in [6.45, 7) is 4.57. The summed E-state index contributed by atoms with van der Waals surface area (Å²) in [4.78, 5) is 13.5. The average molecular weight is 254 g/mol. The molecule has 5 heteroatoms. The van der Waals surface area contributed by atoms with E-state index >= 15 is 0 Å². The van der Waals surface area contributed by atoms with Crippen LogP contribution in [0.5, 0.6) is 0 Å². The van der Waals surface area contributed by atoms with E-state index in [1.54, 1.807) is 7.11 Å². The lowest BCUT2D eigenvalue weighted by Gasteiger charge is -2.19. The van der Waals surface area contributed by atoms with Crippen molar-refractivity contribution in [2.75, 3.05) is 40.5 Å². The molecular formula is C13H22N2O3. The van der Waals surface area contributed by atoms with Crippen molar-refractivity contribution >= 4 is 5.97 Å². The van der Waals surface area contributed by atoms with E-state index in [4.69, 9.17) is 14.7 Å². The Labute approximate surface area is 109 Å². The molecule has 0 bridgehead atoms. The van der Waals surface area contributed by atoms with Crippen molar-refractivity contribution in [3.05, 3.63) is 11.6 Å². The lowest BCUT2D eigenvalue weighted by atomic mass is 10.2. The Balaban J connectivity index is 4.40. The fourth-order valence-electron chi connectivity index (χ4n) is 1.47. The average Bonchev–Trinajstić information content (AvgIpc) is 2.40. The van der Waals surface area contributed by atoms with E-state index in [1.165, 1.54) is 7.11 Å². The lowest BCUT2D eigenvalue weighted by molar-refractivity contribution is -0.136. The van der Waals surface area contributed by atoms with Crippen LogP contribution in [0.3, 0.4) is 0 Å². The van der Waals surface area contributed by atoms with Gasteiger partial charge >= 0.3 is 5.97 Å². The minimum atomic E-state index is -0.288. The molecule has 0 atom stereocenters. The lowest BCUT2D eigenvalue weighted by Crippen LogP contribution is -2.29. The molecule has 0 spiro atoms. The molecule has 0 unspecified atom stereocenters. The summed E-state index contributed by atoms with van der Waals surface area (Å²) >= 11 is 0. The molecule has 0 heterocycles. The van der Waals surface area contributed by atoms with Crippen LogP contribution in [-0.4, -0.2) is 51.3 Å². The van der Waals surface area contributed by atoms with Crippen molar-refractivity contribution in [1.82, 2.24) is 4.90 Å². The van der Waals surface area contributed by atoms with Crippen LogP contribution >= 0.6 is 0 Å². The second kappa shape index (κ2) is 10.8. The number of hydrogen-bond donors (Lipinski definition) is 0. The molecule has 0 saturated heterocycles. The quantitative estimate of drug-likeness (QED) is 0.459. The molecule has 0 aliphatic rings. The van der Waals surface area contributed by atoms with E-state index in [0.29, 0.717) is 38.1 Å². The molecule has 0 amide bonds. The number of carbonyl (C=O) groups excluding carboxylic acids is 1. The fourth-order valence-corrected chi connectivity index (χ4v) is 1.47. The van der Waals surface area contributed by atoms with E-state index in [-0.39, 0.29) is 5.97 Å². The van der Waals surface area contributed by atoms with E-state index in [2.05, 4.69) is 11.0 Å². The summed E-state index contributed by atoms with van der Waals surface area (Å²) in [6.07, 6.45) is 2.97. The number of rotatable bonds is 9. The summed E-state index contributed by atoms with van der Waals surface area (Å²) in [5, 5.41) is 8.59. The maximum absolute atomic E-state index is 11.4. The summed E-state index contributed by atoms with van der Waals surface area (Å²) in [7, 11) is 3.02. The highest BCUT2D eigenvalue weighted by molar-refractivity contribution is 5.88. The molecule has 0 aliphatic heterocycles. The Kier molecular flexibility index (Phi) is 9.93. The third-order valence-corrected chi connectivity index (χ3v) is 2.58. The van der Waals surface area contributed by atoms with E-state index in [9.17, 15) is 4.79 Å². The smallest absolute Gasteiger partial charge is 0.333 e. The number of esters is 1. The van der Waals surface area contributed by atoms with Crippen LogP contribution in [0.4, 0.5) is 0 Å². The van der Waals surface area contributed by atoms with Gasteiger partial charge in [-0.25, -0.2) is 4.79 Å². The van der Waals surface area contributed by atoms with Gasteiger partial charge in [0.25, 0.3) is 0 Å². The topological polar surface area (TPSA) is 62.6 Å². The largest absolute Gasteiger partial charge is 0.466 e. The van der Waals surface area contributed by atoms with E-state index in [1.807, 2.05) is 13.0 Å². The van der Waals surface area contributed by atoms with Gasteiger partial charge in [0, 0.05) is 38.7 Å². The van der Waals surface area contributed by atoms with Gasteiger partial charge in [0.2, 0.25) is 0 Å². The highest BCUT2D eigenvalue weighted by Crippen LogP contribution is 2.04. The molecule has 0 aromatic heterocycles. The van der Waals surface area contributed by atoms with Gasteiger partial charge in [-0.05, 0) is 6.42 Å². The number of nitriles is 1. The van der Waals surface area contributed by atoms with Crippen LogP contribution in [0.15, 0.2) is 11.6 Å². The maximum Gasteiger partial charge on any atom is 0.333 e. The van der Waals surface area contributed by atoms with Crippen molar-refractivity contribution in [2.45, 2.75) is 19.8 Å². The first-order valence-electron chi connectivity index (χ1n) is 6.05. The summed E-state index contributed by atoms with van der Waals surface area (Å²) in [5.74, 6) is -0.288. The Hall–Kier alpha value is -1.38. The van der Waals surface area contributed by atoms with E-state index in [0.717, 1.165) is 6.54 Å². The molecule has 0 aromatic carbocycles. The molecule has 0 radical (unpaired) electrons. The standard InChI is InChI=1S/C13H22N2O3/c1-4-12(13(16)18-3)6-9-15(8-5-7-14)10-11-17-2/h6H,4-5,8-11H2,1-3H3. The van der Waals surface area contributed by atoms with Gasteiger partial charge in [-0.15, -0.1) is 0 Å². The SMILES string of the molecule is CCC(=CCN(CCC#N)CCOC)C(=O)OC. The summed E-state index contributed by atoms with van der Waals surface area (Å²) < 4.78 is 9.71. The normalized spacial score (nSPS) is 11.4. The zero-order chi connectivity index (χ0) is 13.8. The summed E-state index contributed by atoms with van der Waals surface area (Å²) in [5.41, 5.74) is 0.664. The first-order valence-corrected chi connectivity index (χ1v) is 6.05. The number of hydrogen-bond acceptors (Lipinski definition) is 5. The molecule has 0 aromatic rings. The van der Waals surface area contributed by atoms with Crippen molar-refractivity contribution in [3.63, 3.8) is 0 Å². The minimum Gasteiger partial charge on any atom is -0.466 e. The van der Waals surface area contributed by atoms with Crippen LogP contribution in [0.25, 0.3) is 0 Å². The highest BCUT2D eigenvalue weighted by Gasteiger charge is 2.08. The Morgan fingerprint density at radius 3 is 2.61 bits per heavy atom. The molecule has 5 nitrogen and oxygen atoms in total. The van der Waals surface area contributed by atoms with Crippen LogP contribution < -0.4 is 0 Å². The maximum atomic E-state index is 11.4. The van der Waals surface area contributed by atoms with Crippen molar-refractivity contribution < 1.29 is 14.3 Å². The highest BCUT2D eigenvalue weighted by atomic mass is 16.5. The molecule has 18 heavy (non-hydrogen) atoms. The van der Waals surface area contributed by atoms with Crippen LogP contribution in [0, 0.1) is 11.3 Å². The number of ether oxygens (including phenoxy) is 2.